The van der Waals surface area contributed by atoms with E-state index < -0.39 is 18.4 Å². The molecule has 1 aromatic heterocycles. The number of aromatic nitrogens is 2. The maximum atomic E-state index is 12.1. The number of carbonyl (C=O) groups excluding carboxylic acids is 1. The van der Waals surface area contributed by atoms with Gasteiger partial charge in [-0.3, -0.25) is 9.59 Å². The number of carbonyl (C=O) groups is 2. The molecule has 7 nitrogen and oxygen atoms in total. The minimum absolute atomic E-state index is 0.227. The molecule has 0 fully saturated rings. The highest BCUT2D eigenvalue weighted by Crippen LogP contribution is 2.24. The fourth-order valence-electron chi connectivity index (χ4n) is 2.69. The molecular weight excluding hydrogens is 334 g/mol. The number of aliphatic carboxylic acids is 1. The smallest absolute Gasteiger partial charge is 0.322 e. The van der Waals surface area contributed by atoms with Crippen LogP contribution in [0.3, 0.4) is 0 Å². The number of aryl methyl sites for hydroxylation is 1. The van der Waals surface area contributed by atoms with Crippen molar-refractivity contribution >= 4 is 22.6 Å². The van der Waals surface area contributed by atoms with Gasteiger partial charge in [-0.1, -0.05) is 42.5 Å². The van der Waals surface area contributed by atoms with Crippen LogP contribution in [0.1, 0.15) is 27.6 Å². The summed E-state index contributed by atoms with van der Waals surface area (Å²) in [6, 6.07) is 13.8. The van der Waals surface area contributed by atoms with Crippen LogP contribution in [-0.4, -0.2) is 38.6 Å². The largest absolute Gasteiger partial charge is 0.504 e. The molecule has 0 spiro atoms. The Morgan fingerprint density at radius 2 is 1.81 bits per heavy atom. The van der Waals surface area contributed by atoms with Crippen LogP contribution < -0.4 is 5.32 Å². The van der Waals surface area contributed by atoms with E-state index in [1.54, 1.807) is 6.92 Å². The Balaban J connectivity index is 1.91. The standard InChI is InChI=1S/C19H17N3O4/c1-11-21-15(18(25)17(22-11)19(26)20-10-16(23)24)9-12-6-7-13-4-2-3-5-14(13)8-12/h2-8,25H,9-10H2,1H3,(H,20,26)(H,23,24). The summed E-state index contributed by atoms with van der Waals surface area (Å²) in [5.41, 5.74) is 1.01. The molecule has 0 saturated heterocycles. The van der Waals surface area contributed by atoms with E-state index in [-0.39, 0.29) is 11.4 Å². The zero-order valence-electron chi connectivity index (χ0n) is 14.1. The zero-order valence-corrected chi connectivity index (χ0v) is 14.1. The molecule has 0 saturated carbocycles. The molecule has 0 bridgehead atoms. The average Bonchev–Trinajstić information content (AvgIpc) is 2.62. The molecule has 3 N–H and O–H groups in total. The van der Waals surface area contributed by atoms with Crippen molar-refractivity contribution in [3.63, 3.8) is 0 Å². The van der Waals surface area contributed by atoms with Gasteiger partial charge in [-0.05, 0) is 23.3 Å². The van der Waals surface area contributed by atoms with Gasteiger partial charge in [0.2, 0.25) is 0 Å². The monoisotopic (exact) mass is 351 g/mol. The molecule has 0 unspecified atom stereocenters. The molecule has 1 heterocycles. The number of carboxylic acids is 1. The lowest BCUT2D eigenvalue weighted by atomic mass is 10.0. The highest BCUT2D eigenvalue weighted by atomic mass is 16.4. The van der Waals surface area contributed by atoms with Crippen molar-refractivity contribution in [2.24, 2.45) is 0 Å². The van der Waals surface area contributed by atoms with Crippen molar-refractivity contribution in [3.8, 4) is 5.75 Å². The Hall–Kier alpha value is -3.48. The molecule has 7 heteroatoms. The maximum Gasteiger partial charge on any atom is 0.322 e. The Morgan fingerprint density at radius 1 is 1.08 bits per heavy atom. The van der Waals surface area contributed by atoms with Crippen molar-refractivity contribution in [1.82, 2.24) is 15.3 Å². The maximum absolute atomic E-state index is 12.1. The van der Waals surface area contributed by atoms with Gasteiger partial charge in [-0.15, -0.1) is 0 Å². The van der Waals surface area contributed by atoms with Gasteiger partial charge in [0, 0.05) is 6.42 Å². The molecule has 132 valence electrons. The number of fused-ring (bicyclic) bond motifs is 1. The van der Waals surface area contributed by atoms with Crippen LogP contribution in [0.15, 0.2) is 42.5 Å². The summed E-state index contributed by atoms with van der Waals surface area (Å²) in [5.74, 6) is -1.96. The molecule has 0 radical (unpaired) electrons. The van der Waals surface area contributed by atoms with Gasteiger partial charge >= 0.3 is 5.97 Å². The van der Waals surface area contributed by atoms with E-state index in [0.717, 1.165) is 16.3 Å². The molecule has 26 heavy (non-hydrogen) atoms. The van der Waals surface area contributed by atoms with E-state index >= 15 is 0 Å². The molecule has 2 aromatic carbocycles. The van der Waals surface area contributed by atoms with Crippen LogP contribution in [0.5, 0.6) is 5.75 Å². The zero-order chi connectivity index (χ0) is 18.7. The second kappa shape index (κ2) is 7.18. The molecule has 3 rings (SSSR count). The van der Waals surface area contributed by atoms with Crippen LogP contribution in [-0.2, 0) is 11.2 Å². The summed E-state index contributed by atoms with van der Waals surface area (Å²) in [7, 11) is 0. The number of carboxylic acid groups (broad SMARTS) is 1. The first-order chi connectivity index (χ1) is 12.4. The van der Waals surface area contributed by atoms with Crippen LogP contribution in [0.4, 0.5) is 0 Å². The predicted molar refractivity (Wildman–Crippen MR) is 95.2 cm³/mol. The number of benzene rings is 2. The molecule has 0 aliphatic carbocycles. The van der Waals surface area contributed by atoms with Gasteiger partial charge < -0.3 is 15.5 Å². The Kier molecular flexibility index (Phi) is 4.79. The summed E-state index contributed by atoms with van der Waals surface area (Å²) < 4.78 is 0. The molecule has 0 aliphatic heterocycles. The lowest BCUT2D eigenvalue weighted by Gasteiger charge is -2.10. The van der Waals surface area contributed by atoms with Gasteiger partial charge in [-0.2, -0.15) is 0 Å². The first-order valence-electron chi connectivity index (χ1n) is 7.98. The Morgan fingerprint density at radius 3 is 2.54 bits per heavy atom. The first-order valence-corrected chi connectivity index (χ1v) is 7.98. The number of hydrogen-bond acceptors (Lipinski definition) is 5. The van der Waals surface area contributed by atoms with Gasteiger partial charge in [0.1, 0.15) is 12.4 Å². The third-order valence-electron chi connectivity index (χ3n) is 3.87. The molecule has 0 aliphatic rings. The fraction of sp³-hybridized carbons (Fsp3) is 0.158. The predicted octanol–water partition coefficient (Wildman–Crippen LogP) is 2.05. The number of hydrogen-bond donors (Lipinski definition) is 3. The topological polar surface area (TPSA) is 112 Å². The van der Waals surface area contributed by atoms with E-state index in [2.05, 4.69) is 15.3 Å². The summed E-state index contributed by atoms with van der Waals surface area (Å²) >= 11 is 0. The van der Waals surface area contributed by atoms with E-state index in [0.29, 0.717) is 17.9 Å². The van der Waals surface area contributed by atoms with E-state index in [4.69, 9.17) is 5.11 Å². The van der Waals surface area contributed by atoms with Crippen molar-refractivity contribution in [1.29, 1.82) is 0 Å². The van der Waals surface area contributed by atoms with Gasteiger partial charge in [0.05, 0.1) is 5.69 Å². The minimum atomic E-state index is -1.18. The summed E-state index contributed by atoms with van der Waals surface area (Å²) in [6.07, 6.45) is 0.319. The van der Waals surface area contributed by atoms with Crippen LogP contribution in [0.25, 0.3) is 10.8 Å². The van der Waals surface area contributed by atoms with Crippen molar-refractivity contribution in [3.05, 3.63) is 65.2 Å². The lowest BCUT2D eigenvalue weighted by molar-refractivity contribution is -0.135. The SMILES string of the molecule is Cc1nc(Cc2ccc3ccccc3c2)c(O)c(C(=O)NCC(=O)O)n1. The second-order valence-electron chi connectivity index (χ2n) is 5.85. The fourth-order valence-corrected chi connectivity index (χ4v) is 2.69. The summed E-state index contributed by atoms with van der Waals surface area (Å²) in [6.45, 7) is 1.05. The molecule has 0 atom stereocenters. The van der Waals surface area contributed by atoms with E-state index in [1.165, 1.54) is 0 Å². The first kappa shape index (κ1) is 17.3. The number of rotatable bonds is 5. The van der Waals surface area contributed by atoms with Crippen molar-refractivity contribution in [2.45, 2.75) is 13.3 Å². The summed E-state index contributed by atoms with van der Waals surface area (Å²) in [5, 5.41) is 23.4. The van der Waals surface area contributed by atoms with Crippen LogP contribution in [0, 0.1) is 6.92 Å². The Labute approximate surface area is 149 Å². The van der Waals surface area contributed by atoms with E-state index in [9.17, 15) is 14.7 Å². The quantitative estimate of drug-likeness (QED) is 0.648. The van der Waals surface area contributed by atoms with Crippen molar-refractivity contribution in [2.75, 3.05) is 6.54 Å². The molecule has 1 amide bonds. The number of nitrogens with one attached hydrogen (secondary N) is 1. The minimum Gasteiger partial charge on any atom is -0.504 e. The number of nitrogens with zero attached hydrogens (tertiary/aromatic N) is 2. The van der Waals surface area contributed by atoms with Gasteiger partial charge in [0.25, 0.3) is 5.91 Å². The third-order valence-corrected chi connectivity index (χ3v) is 3.87. The highest BCUT2D eigenvalue weighted by molar-refractivity contribution is 5.96. The van der Waals surface area contributed by atoms with Crippen LogP contribution in [0.2, 0.25) is 0 Å². The van der Waals surface area contributed by atoms with Gasteiger partial charge in [-0.25, -0.2) is 9.97 Å². The highest BCUT2D eigenvalue weighted by Gasteiger charge is 2.19. The summed E-state index contributed by atoms with van der Waals surface area (Å²) in [4.78, 5) is 30.8. The van der Waals surface area contributed by atoms with E-state index in [1.807, 2.05) is 42.5 Å². The average molecular weight is 351 g/mol. The second-order valence-corrected chi connectivity index (χ2v) is 5.85. The number of amides is 1. The number of aromatic hydroxyl groups is 1. The molecular formula is C19H17N3O4. The van der Waals surface area contributed by atoms with Gasteiger partial charge in [0.15, 0.2) is 11.4 Å². The van der Waals surface area contributed by atoms with Crippen LogP contribution >= 0.6 is 0 Å². The lowest BCUT2D eigenvalue weighted by Crippen LogP contribution is -2.30. The third kappa shape index (κ3) is 3.77. The Bertz CT molecular complexity index is 1000. The molecule has 3 aromatic rings. The normalized spacial score (nSPS) is 10.7. The van der Waals surface area contributed by atoms with Crippen molar-refractivity contribution < 1.29 is 19.8 Å².